The summed E-state index contributed by atoms with van der Waals surface area (Å²) in [6, 6.07) is 10.1. The van der Waals surface area contributed by atoms with Crippen LogP contribution in [-0.2, 0) is 6.54 Å². The summed E-state index contributed by atoms with van der Waals surface area (Å²) in [7, 11) is 1.50. The van der Waals surface area contributed by atoms with Crippen LogP contribution in [0.1, 0.15) is 26.3 Å². The topological polar surface area (TPSA) is 119 Å². The fraction of sp³-hybridized carbons (Fsp3) is 0.125. The molecule has 0 saturated heterocycles. The van der Waals surface area contributed by atoms with Crippen molar-refractivity contribution in [3.63, 3.8) is 0 Å². The molecule has 0 aliphatic heterocycles. The van der Waals surface area contributed by atoms with Crippen LogP contribution in [0.4, 0.5) is 5.69 Å². The number of nitrogens with one attached hydrogen (secondary N) is 1. The molecule has 24 heavy (non-hydrogen) atoms. The molecule has 1 amide bonds. The number of nitro groups is 1. The van der Waals surface area contributed by atoms with E-state index in [0.717, 1.165) is 18.2 Å². The van der Waals surface area contributed by atoms with Crippen LogP contribution in [0.15, 0.2) is 42.5 Å². The van der Waals surface area contributed by atoms with Gasteiger partial charge in [-0.3, -0.25) is 14.9 Å². The van der Waals surface area contributed by atoms with E-state index < -0.39 is 28.1 Å². The average molecular weight is 330 g/mol. The fourth-order valence-electron chi connectivity index (χ4n) is 2.14. The number of hydrogen-bond acceptors (Lipinski definition) is 5. The van der Waals surface area contributed by atoms with Gasteiger partial charge in [-0.2, -0.15) is 0 Å². The lowest BCUT2D eigenvalue weighted by molar-refractivity contribution is -0.384. The molecule has 0 bridgehead atoms. The Morgan fingerprint density at radius 3 is 2.54 bits per heavy atom. The zero-order valence-electron chi connectivity index (χ0n) is 12.7. The molecule has 0 fully saturated rings. The van der Waals surface area contributed by atoms with E-state index in [4.69, 9.17) is 9.84 Å². The van der Waals surface area contributed by atoms with Gasteiger partial charge in [-0.1, -0.05) is 18.2 Å². The van der Waals surface area contributed by atoms with E-state index in [1.807, 2.05) is 0 Å². The summed E-state index contributed by atoms with van der Waals surface area (Å²) in [5.74, 6) is -1.48. The van der Waals surface area contributed by atoms with Crippen molar-refractivity contribution in [2.45, 2.75) is 6.54 Å². The van der Waals surface area contributed by atoms with Crippen molar-refractivity contribution in [1.82, 2.24) is 5.32 Å². The first-order valence-electron chi connectivity index (χ1n) is 6.86. The third kappa shape index (κ3) is 3.67. The number of ether oxygens (including phenoxy) is 1. The predicted molar refractivity (Wildman–Crippen MR) is 84.2 cm³/mol. The number of hydrogen-bond donors (Lipinski definition) is 2. The Labute approximate surface area is 136 Å². The van der Waals surface area contributed by atoms with E-state index in [9.17, 15) is 19.7 Å². The highest BCUT2D eigenvalue weighted by Crippen LogP contribution is 2.20. The Hall–Kier alpha value is -3.42. The number of carbonyl (C=O) groups excluding carboxylic acids is 1. The summed E-state index contributed by atoms with van der Waals surface area (Å²) in [6.45, 7) is 0.124. The highest BCUT2D eigenvalue weighted by molar-refractivity contribution is 6.05. The number of nitro benzene ring substituents is 1. The van der Waals surface area contributed by atoms with Gasteiger partial charge in [0.2, 0.25) is 0 Å². The lowest BCUT2D eigenvalue weighted by Gasteiger charge is -2.10. The smallest absolute Gasteiger partial charge is 0.336 e. The maximum Gasteiger partial charge on any atom is 0.336 e. The highest BCUT2D eigenvalue weighted by Gasteiger charge is 2.20. The van der Waals surface area contributed by atoms with Crippen molar-refractivity contribution in [2.75, 3.05) is 7.11 Å². The molecule has 0 unspecified atom stereocenters. The Balaban J connectivity index is 2.23. The molecule has 0 aliphatic rings. The Kier molecular flexibility index (Phi) is 5.10. The second-order valence-electron chi connectivity index (χ2n) is 4.79. The fourth-order valence-corrected chi connectivity index (χ4v) is 2.14. The standard InChI is InChI=1S/C16H14N2O6/c1-24-14-5-3-2-4-10(14)9-17-15(19)12-7-6-11(18(22)23)8-13(12)16(20)21/h2-8H,9H2,1H3,(H,17,19)(H,20,21). The number of nitrogens with zero attached hydrogens (tertiary/aromatic N) is 1. The first kappa shape index (κ1) is 16.9. The van der Waals surface area contributed by atoms with E-state index in [0.29, 0.717) is 11.3 Å². The van der Waals surface area contributed by atoms with Crippen molar-refractivity contribution in [3.8, 4) is 5.75 Å². The Morgan fingerprint density at radius 1 is 1.21 bits per heavy atom. The molecule has 2 aromatic carbocycles. The average Bonchev–Trinajstić information content (AvgIpc) is 2.59. The Bertz CT molecular complexity index is 803. The van der Waals surface area contributed by atoms with Crippen LogP contribution in [0.5, 0.6) is 5.75 Å². The molecule has 0 atom stereocenters. The van der Waals surface area contributed by atoms with Gasteiger partial charge >= 0.3 is 5.97 Å². The molecule has 2 aromatic rings. The molecular formula is C16H14N2O6. The van der Waals surface area contributed by atoms with Gasteiger partial charge in [-0.15, -0.1) is 0 Å². The van der Waals surface area contributed by atoms with Gasteiger partial charge in [0.05, 0.1) is 23.2 Å². The maximum absolute atomic E-state index is 12.2. The lowest BCUT2D eigenvalue weighted by Crippen LogP contribution is -2.25. The maximum atomic E-state index is 12.2. The van der Waals surface area contributed by atoms with E-state index >= 15 is 0 Å². The molecule has 0 aromatic heterocycles. The van der Waals surface area contributed by atoms with Gasteiger partial charge in [0.1, 0.15) is 5.75 Å². The summed E-state index contributed by atoms with van der Waals surface area (Å²) >= 11 is 0. The zero-order valence-corrected chi connectivity index (χ0v) is 12.7. The SMILES string of the molecule is COc1ccccc1CNC(=O)c1ccc([N+](=O)[O-])cc1C(=O)O. The predicted octanol–water partition coefficient (Wildman–Crippen LogP) is 2.23. The second kappa shape index (κ2) is 7.23. The summed E-state index contributed by atoms with van der Waals surface area (Å²) in [4.78, 5) is 33.5. The molecule has 8 nitrogen and oxygen atoms in total. The van der Waals surface area contributed by atoms with Gasteiger partial charge in [-0.05, 0) is 12.1 Å². The number of benzene rings is 2. The van der Waals surface area contributed by atoms with Gasteiger partial charge in [0, 0.05) is 24.2 Å². The first-order chi connectivity index (χ1) is 11.4. The molecule has 8 heteroatoms. The Morgan fingerprint density at radius 2 is 1.92 bits per heavy atom. The zero-order chi connectivity index (χ0) is 17.7. The molecular weight excluding hydrogens is 316 g/mol. The van der Waals surface area contributed by atoms with Crippen molar-refractivity contribution < 1.29 is 24.4 Å². The van der Waals surface area contributed by atoms with E-state index in [1.165, 1.54) is 7.11 Å². The minimum Gasteiger partial charge on any atom is -0.496 e. The highest BCUT2D eigenvalue weighted by atomic mass is 16.6. The minimum absolute atomic E-state index is 0.124. The van der Waals surface area contributed by atoms with Crippen LogP contribution in [0.2, 0.25) is 0 Å². The summed E-state index contributed by atoms with van der Waals surface area (Å²) in [6.07, 6.45) is 0. The van der Waals surface area contributed by atoms with Gasteiger partial charge < -0.3 is 15.2 Å². The van der Waals surface area contributed by atoms with Crippen molar-refractivity contribution >= 4 is 17.6 Å². The molecule has 0 aliphatic carbocycles. The van der Waals surface area contributed by atoms with Crippen LogP contribution >= 0.6 is 0 Å². The van der Waals surface area contributed by atoms with Crippen molar-refractivity contribution in [3.05, 3.63) is 69.3 Å². The molecule has 0 radical (unpaired) electrons. The molecule has 0 spiro atoms. The van der Waals surface area contributed by atoms with Gasteiger partial charge in [-0.25, -0.2) is 4.79 Å². The molecule has 2 rings (SSSR count). The van der Waals surface area contributed by atoms with E-state index in [2.05, 4.69) is 5.32 Å². The number of para-hydroxylation sites is 1. The molecule has 0 saturated carbocycles. The lowest BCUT2D eigenvalue weighted by atomic mass is 10.1. The first-order valence-corrected chi connectivity index (χ1v) is 6.86. The number of carboxylic acid groups (broad SMARTS) is 1. The van der Waals surface area contributed by atoms with E-state index in [-0.39, 0.29) is 12.1 Å². The van der Waals surface area contributed by atoms with Crippen LogP contribution in [0, 0.1) is 10.1 Å². The summed E-state index contributed by atoms with van der Waals surface area (Å²) < 4.78 is 5.17. The van der Waals surface area contributed by atoms with Crippen LogP contribution in [0.3, 0.4) is 0 Å². The number of carbonyl (C=O) groups is 2. The monoisotopic (exact) mass is 330 g/mol. The summed E-state index contributed by atoms with van der Waals surface area (Å²) in [5, 5.41) is 22.5. The van der Waals surface area contributed by atoms with Crippen LogP contribution < -0.4 is 10.1 Å². The second-order valence-corrected chi connectivity index (χ2v) is 4.79. The van der Waals surface area contributed by atoms with Crippen molar-refractivity contribution in [1.29, 1.82) is 0 Å². The number of rotatable bonds is 6. The third-order valence-corrected chi connectivity index (χ3v) is 3.32. The largest absolute Gasteiger partial charge is 0.496 e. The number of amides is 1. The number of aromatic carboxylic acids is 1. The normalized spacial score (nSPS) is 10.0. The van der Waals surface area contributed by atoms with Crippen LogP contribution in [-0.4, -0.2) is 29.0 Å². The van der Waals surface area contributed by atoms with Crippen LogP contribution in [0.25, 0.3) is 0 Å². The minimum atomic E-state index is -1.42. The third-order valence-electron chi connectivity index (χ3n) is 3.32. The molecule has 0 heterocycles. The number of methoxy groups -OCH3 is 1. The summed E-state index contributed by atoms with van der Waals surface area (Å²) in [5.41, 5.74) is -0.259. The van der Waals surface area contributed by atoms with Gasteiger partial charge in [0.25, 0.3) is 11.6 Å². The molecule has 124 valence electrons. The van der Waals surface area contributed by atoms with E-state index in [1.54, 1.807) is 24.3 Å². The van der Waals surface area contributed by atoms with Gasteiger partial charge in [0.15, 0.2) is 0 Å². The number of non-ortho nitro benzene ring substituents is 1. The molecule has 2 N–H and O–H groups in total. The quantitative estimate of drug-likeness (QED) is 0.619. The van der Waals surface area contributed by atoms with Crippen molar-refractivity contribution in [2.24, 2.45) is 0 Å². The number of carboxylic acids is 1.